The summed E-state index contributed by atoms with van der Waals surface area (Å²) in [5, 5.41) is 0. The molecule has 0 N–H and O–H groups in total. The Morgan fingerprint density at radius 2 is 2.23 bits per heavy atom. The first kappa shape index (κ1) is 10.4. The van der Waals surface area contributed by atoms with Crippen molar-refractivity contribution in [3.05, 3.63) is 18.3 Å². The van der Waals surface area contributed by atoms with E-state index < -0.39 is 0 Å². The third-order valence-corrected chi connectivity index (χ3v) is 2.22. The summed E-state index contributed by atoms with van der Waals surface area (Å²) in [5.74, 6) is 1.26. The van der Waals surface area contributed by atoms with Gasteiger partial charge < -0.3 is 4.74 Å². The summed E-state index contributed by atoms with van der Waals surface area (Å²) in [4.78, 5) is 5.34. The summed E-state index contributed by atoms with van der Waals surface area (Å²) in [6.07, 6.45) is 3.87. The summed E-state index contributed by atoms with van der Waals surface area (Å²) >= 11 is 1.68. The van der Waals surface area contributed by atoms with Crippen LogP contribution in [0.15, 0.2) is 23.2 Å². The molecule has 0 spiro atoms. The topological polar surface area (TPSA) is 22.1 Å². The van der Waals surface area contributed by atoms with Crippen LogP contribution in [0.2, 0.25) is 0 Å². The maximum atomic E-state index is 5.45. The van der Waals surface area contributed by atoms with Gasteiger partial charge in [0.05, 0.1) is 6.61 Å². The van der Waals surface area contributed by atoms with E-state index in [9.17, 15) is 0 Å². The van der Waals surface area contributed by atoms with E-state index >= 15 is 0 Å². The molecular formula is C10H15NOS. The minimum Gasteiger partial charge on any atom is -0.477 e. The van der Waals surface area contributed by atoms with Gasteiger partial charge in [-0.2, -0.15) is 0 Å². The molecule has 1 heterocycles. The molecule has 0 saturated carbocycles. The Bertz CT molecular complexity index is 246. The van der Waals surface area contributed by atoms with Gasteiger partial charge in [-0.15, -0.1) is 11.8 Å². The molecule has 1 aromatic rings. The number of hydrogen-bond donors (Lipinski definition) is 0. The summed E-state index contributed by atoms with van der Waals surface area (Å²) in [5.41, 5.74) is 0. The summed E-state index contributed by atoms with van der Waals surface area (Å²) in [7, 11) is 0. The molecule has 72 valence electrons. The Morgan fingerprint density at radius 1 is 1.46 bits per heavy atom. The smallest absolute Gasteiger partial charge is 0.213 e. The third-order valence-electron chi connectivity index (χ3n) is 1.51. The molecule has 0 fully saturated rings. The highest BCUT2D eigenvalue weighted by atomic mass is 32.2. The minimum atomic E-state index is 0.544. The molecule has 0 aromatic carbocycles. The van der Waals surface area contributed by atoms with Crippen LogP contribution in [0.25, 0.3) is 0 Å². The van der Waals surface area contributed by atoms with Gasteiger partial charge in [-0.3, -0.25) is 0 Å². The van der Waals surface area contributed by atoms with Gasteiger partial charge in [0.1, 0.15) is 0 Å². The quantitative estimate of drug-likeness (QED) is 0.693. The van der Waals surface area contributed by atoms with Gasteiger partial charge in [0.2, 0.25) is 5.88 Å². The molecular weight excluding hydrogens is 182 g/mol. The maximum Gasteiger partial charge on any atom is 0.213 e. The number of hydrogen-bond acceptors (Lipinski definition) is 3. The molecule has 2 nitrogen and oxygen atoms in total. The standard InChI is InChI=1S/C10H15NOS/c1-8(2)7-12-10-5-4-9(13-3)6-11-10/h4-6,8H,7H2,1-3H3. The Balaban J connectivity index is 2.49. The zero-order valence-corrected chi connectivity index (χ0v) is 9.10. The van der Waals surface area contributed by atoms with E-state index in [0.29, 0.717) is 11.8 Å². The van der Waals surface area contributed by atoms with Crippen LogP contribution in [0.5, 0.6) is 5.88 Å². The number of thioether (sulfide) groups is 1. The molecule has 1 aromatic heterocycles. The van der Waals surface area contributed by atoms with Crippen LogP contribution in [-0.4, -0.2) is 17.8 Å². The van der Waals surface area contributed by atoms with E-state index in [1.807, 2.05) is 24.6 Å². The zero-order valence-electron chi connectivity index (χ0n) is 8.28. The third kappa shape index (κ3) is 3.68. The summed E-state index contributed by atoms with van der Waals surface area (Å²) < 4.78 is 5.45. The van der Waals surface area contributed by atoms with Crippen LogP contribution in [-0.2, 0) is 0 Å². The number of ether oxygens (including phenoxy) is 1. The molecule has 0 unspecified atom stereocenters. The molecule has 0 amide bonds. The van der Waals surface area contributed by atoms with E-state index in [4.69, 9.17) is 4.74 Å². The highest BCUT2D eigenvalue weighted by Gasteiger charge is 1.97. The van der Waals surface area contributed by atoms with E-state index in [1.54, 1.807) is 11.8 Å². The highest BCUT2D eigenvalue weighted by Crippen LogP contribution is 2.16. The Kier molecular flexibility index (Phi) is 4.09. The molecule has 0 aliphatic rings. The Hall–Kier alpha value is -0.700. The molecule has 0 saturated heterocycles. The first-order valence-electron chi connectivity index (χ1n) is 4.35. The van der Waals surface area contributed by atoms with Crippen molar-refractivity contribution < 1.29 is 4.74 Å². The molecule has 13 heavy (non-hydrogen) atoms. The summed E-state index contributed by atoms with van der Waals surface area (Å²) in [6, 6.07) is 3.93. The fraction of sp³-hybridized carbons (Fsp3) is 0.500. The van der Waals surface area contributed by atoms with E-state index in [0.717, 1.165) is 11.5 Å². The van der Waals surface area contributed by atoms with Gasteiger partial charge in [-0.25, -0.2) is 4.98 Å². The second-order valence-corrected chi connectivity index (χ2v) is 4.12. The highest BCUT2D eigenvalue weighted by molar-refractivity contribution is 7.98. The van der Waals surface area contributed by atoms with Crippen LogP contribution in [0.3, 0.4) is 0 Å². The van der Waals surface area contributed by atoms with E-state index in [1.165, 1.54) is 0 Å². The summed E-state index contributed by atoms with van der Waals surface area (Å²) in [6.45, 7) is 4.97. The fourth-order valence-corrected chi connectivity index (χ4v) is 1.19. The van der Waals surface area contributed by atoms with Crippen molar-refractivity contribution in [1.29, 1.82) is 0 Å². The lowest BCUT2D eigenvalue weighted by Gasteiger charge is -2.07. The van der Waals surface area contributed by atoms with Crippen LogP contribution in [0.4, 0.5) is 0 Å². The van der Waals surface area contributed by atoms with Crippen molar-refractivity contribution in [3.63, 3.8) is 0 Å². The lowest BCUT2D eigenvalue weighted by molar-refractivity contribution is 0.261. The van der Waals surface area contributed by atoms with Crippen molar-refractivity contribution in [2.75, 3.05) is 12.9 Å². The number of rotatable bonds is 4. The largest absolute Gasteiger partial charge is 0.477 e. The van der Waals surface area contributed by atoms with Crippen molar-refractivity contribution in [2.45, 2.75) is 18.7 Å². The SMILES string of the molecule is CSc1ccc(OCC(C)C)nc1. The molecule has 1 rings (SSSR count). The average molecular weight is 197 g/mol. The first-order valence-corrected chi connectivity index (χ1v) is 5.57. The first-order chi connectivity index (χ1) is 6.22. The van der Waals surface area contributed by atoms with Crippen molar-refractivity contribution >= 4 is 11.8 Å². The number of aromatic nitrogens is 1. The van der Waals surface area contributed by atoms with Crippen LogP contribution in [0, 0.1) is 5.92 Å². The Morgan fingerprint density at radius 3 is 2.69 bits per heavy atom. The zero-order chi connectivity index (χ0) is 9.68. The lowest BCUT2D eigenvalue weighted by Crippen LogP contribution is -2.05. The lowest BCUT2D eigenvalue weighted by atomic mass is 10.2. The maximum absolute atomic E-state index is 5.45. The van der Waals surface area contributed by atoms with Gasteiger partial charge >= 0.3 is 0 Å². The van der Waals surface area contributed by atoms with Gasteiger partial charge in [-0.05, 0) is 18.2 Å². The van der Waals surface area contributed by atoms with E-state index in [2.05, 4.69) is 18.8 Å². The predicted octanol–water partition coefficient (Wildman–Crippen LogP) is 2.84. The molecule has 0 atom stereocenters. The molecule has 0 radical (unpaired) electrons. The second-order valence-electron chi connectivity index (χ2n) is 3.24. The van der Waals surface area contributed by atoms with Crippen LogP contribution < -0.4 is 4.74 Å². The molecule has 0 bridgehead atoms. The van der Waals surface area contributed by atoms with Crippen molar-refractivity contribution in [3.8, 4) is 5.88 Å². The van der Waals surface area contributed by atoms with Crippen molar-refractivity contribution in [2.24, 2.45) is 5.92 Å². The predicted molar refractivity (Wildman–Crippen MR) is 56.4 cm³/mol. The number of pyridine rings is 1. The molecule has 0 aliphatic heterocycles. The molecule has 3 heteroatoms. The monoisotopic (exact) mass is 197 g/mol. The van der Waals surface area contributed by atoms with Gasteiger partial charge in [-0.1, -0.05) is 13.8 Å². The fourth-order valence-electron chi connectivity index (χ4n) is 0.825. The average Bonchev–Trinajstić information content (AvgIpc) is 2.15. The Labute approximate surface area is 83.7 Å². The van der Waals surface area contributed by atoms with Gasteiger partial charge in [0.25, 0.3) is 0 Å². The van der Waals surface area contributed by atoms with Gasteiger partial charge in [0, 0.05) is 17.2 Å². The minimum absolute atomic E-state index is 0.544. The van der Waals surface area contributed by atoms with Crippen LogP contribution in [0.1, 0.15) is 13.8 Å². The van der Waals surface area contributed by atoms with Gasteiger partial charge in [0.15, 0.2) is 0 Å². The second kappa shape index (κ2) is 5.12. The number of nitrogens with zero attached hydrogens (tertiary/aromatic N) is 1. The normalized spacial score (nSPS) is 10.5. The van der Waals surface area contributed by atoms with Crippen LogP contribution >= 0.6 is 11.8 Å². The molecule has 0 aliphatic carbocycles. The van der Waals surface area contributed by atoms with Crippen molar-refractivity contribution in [1.82, 2.24) is 4.98 Å². The van der Waals surface area contributed by atoms with E-state index in [-0.39, 0.29) is 0 Å².